The lowest BCUT2D eigenvalue weighted by molar-refractivity contribution is 0.580. The van der Waals surface area contributed by atoms with Crippen molar-refractivity contribution in [2.24, 2.45) is 0 Å². The third-order valence-corrected chi connectivity index (χ3v) is 3.42. The van der Waals surface area contributed by atoms with Gasteiger partial charge in [-0.25, -0.2) is 9.67 Å². The first kappa shape index (κ1) is 13.4. The number of fused-ring (bicyclic) bond motifs is 1. The highest BCUT2D eigenvalue weighted by molar-refractivity contribution is 5.85. The van der Waals surface area contributed by atoms with Crippen molar-refractivity contribution in [3.8, 4) is 11.5 Å². The molecule has 0 aromatic carbocycles. The molecule has 0 fully saturated rings. The second kappa shape index (κ2) is 5.16. The van der Waals surface area contributed by atoms with E-state index < -0.39 is 0 Å². The van der Waals surface area contributed by atoms with Gasteiger partial charge in [0, 0.05) is 6.20 Å². The fourth-order valence-corrected chi connectivity index (χ4v) is 2.40. The third-order valence-electron chi connectivity index (χ3n) is 3.42. The van der Waals surface area contributed by atoms with E-state index in [1.807, 2.05) is 19.1 Å². The average molecular weight is 307 g/mol. The van der Waals surface area contributed by atoms with Gasteiger partial charge in [-0.15, -0.1) is 5.10 Å². The van der Waals surface area contributed by atoms with Crippen LogP contribution >= 0.6 is 0 Å². The van der Waals surface area contributed by atoms with E-state index in [1.165, 1.54) is 0 Å². The molecule has 0 spiro atoms. The van der Waals surface area contributed by atoms with Gasteiger partial charge in [-0.1, -0.05) is 5.21 Å². The van der Waals surface area contributed by atoms with Gasteiger partial charge in [0.05, 0.1) is 18.5 Å². The molecule has 0 saturated heterocycles. The molecular formula is C15H13N7O. The van der Waals surface area contributed by atoms with Gasteiger partial charge in [0.1, 0.15) is 5.69 Å². The van der Waals surface area contributed by atoms with E-state index in [9.17, 15) is 0 Å². The zero-order chi connectivity index (χ0) is 15.8. The molecule has 0 bridgehead atoms. The van der Waals surface area contributed by atoms with Gasteiger partial charge in [-0.3, -0.25) is 4.98 Å². The zero-order valence-corrected chi connectivity index (χ0v) is 12.3. The summed E-state index contributed by atoms with van der Waals surface area (Å²) in [6.45, 7) is 2.46. The Balaban J connectivity index is 1.83. The predicted molar refractivity (Wildman–Crippen MR) is 83.3 cm³/mol. The van der Waals surface area contributed by atoms with Crippen LogP contribution in [0, 0.1) is 6.92 Å². The van der Waals surface area contributed by atoms with Crippen molar-refractivity contribution in [3.63, 3.8) is 0 Å². The molecule has 4 rings (SSSR count). The van der Waals surface area contributed by atoms with Gasteiger partial charge in [-0.05, 0) is 36.8 Å². The molecule has 4 heterocycles. The van der Waals surface area contributed by atoms with E-state index >= 15 is 0 Å². The molecule has 0 saturated carbocycles. The van der Waals surface area contributed by atoms with Crippen LogP contribution in [0.25, 0.3) is 22.6 Å². The Bertz CT molecular complexity index is 975. The number of anilines is 1. The van der Waals surface area contributed by atoms with Crippen LogP contribution in [0.5, 0.6) is 0 Å². The largest absolute Gasteiger partial charge is 0.463 e. The Morgan fingerprint density at radius 2 is 2.17 bits per heavy atom. The smallest absolute Gasteiger partial charge is 0.222 e. The molecule has 0 aliphatic heterocycles. The van der Waals surface area contributed by atoms with Gasteiger partial charge in [0.2, 0.25) is 5.95 Å². The molecule has 0 atom stereocenters. The summed E-state index contributed by atoms with van der Waals surface area (Å²) in [5.74, 6) is 0.717. The summed E-state index contributed by atoms with van der Waals surface area (Å²) in [4.78, 5) is 12.8. The summed E-state index contributed by atoms with van der Waals surface area (Å²) in [7, 11) is 0. The summed E-state index contributed by atoms with van der Waals surface area (Å²) in [5.41, 5.74) is 9.45. The molecule has 8 nitrogen and oxygen atoms in total. The summed E-state index contributed by atoms with van der Waals surface area (Å²) < 4.78 is 7.05. The number of aromatic nitrogens is 6. The fourth-order valence-electron chi connectivity index (χ4n) is 2.40. The molecule has 23 heavy (non-hydrogen) atoms. The van der Waals surface area contributed by atoms with Crippen LogP contribution in [0.15, 0.2) is 41.1 Å². The van der Waals surface area contributed by atoms with Crippen molar-refractivity contribution in [1.82, 2.24) is 29.9 Å². The zero-order valence-electron chi connectivity index (χ0n) is 12.3. The second-order valence-corrected chi connectivity index (χ2v) is 5.15. The lowest BCUT2D eigenvalue weighted by Crippen LogP contribution is -2.06. The number of nitrogens with zero attached hydrogens (tertiary/aromatic N) is 6. The number of aryl methyl sites for hydroxylation is 1. The van der Waals surface area contributed by atoms with Crippen LogP contribution in [0.1, 0.15) is 11.3 Å². The number of furan rings is 1. The molecule has 8 heteroatoms. The van der Waals surface area contributed by atoms with Crippen molar-refractivity contribution >= 4 is 17.1 Å². The Morgan fingerprint density at radius 3 is 2.96 bits per heavy atom. The second-order valence-electron chi connectivity index (χ2n) is 5.15. The molecule has 4 aromatic rings. The highest BCUT2D eigenvalue weighted by atomic mass is 16.3. The van der Waals surface area contributed by atoms with Crippen LogP contribution in [0.4, 0.5) is 5.95 Å². The number of pyridine rings is 1. The molecular weight excluding hydrogens is 294 g/mol. The Morgan fingerprint density at radius 1 is 1.26 bits per heavy atom. The first-order chi connectivity index (χ1) is 11.2. The van der Waals surface area contributed by atoms with Crippen molar-refractivity contribution in [3.05, 3.63) is 48.0 Å². The molecule has 114 valence electrons. The predicted octanol–water partition coefficient (Wildman–Crippen LogP) is 1.82. The van der Waals surface area contributed by atoms with Crippen LogP contribution in [0.3, 0.4) is 0 Å². The minimum Gasteiger partial charge on any atom is -0.463 e. The van der Waals surface area contributed by atoms with Gasteiger partial charge in [0.15, 0.2) is 16.9 Å². The van der Waals surface area contributed by atoms with Gasteiger partial charge in [0.25, 0.3) is 0 Å². The Labute approximate surface area is 131 Å². The van der Waals surface area contributed by atoms with Gasteiger partial charge >= 0.3 is 0 Å². The van der Waals surface area contributed by atoms with Crippen LogP contribution in [-0.2, 0) is 6.54 Å². The van der Waals surface area contributed by atoms with E-state index in [0.717, 1.165) is 11.3 Å². The number of nitrogen functional groups attached to an aromatic ring is 1. The molecule has 0 aliphatic rings. The van der Waals surface area contributed by atoms with Gasteiger partial charge < -0.3 is 10.2 Å². The first-order valence-corrected chi connectivity index (χ1v) is 7.03. The summed E-state index contributed by atoms with van der Waals surface area (Å²) in [5, 5.41) is 8.34. The minimum atomic E-state index is 0.143. The highest BCUT2D eigenvalue weighted by Crippen LogP contribution is 2.25. The van der Waals surface area contributed by atoms with E-state index in [4.69, 9.17) is 10.2 Å². The quantitative estimate of drug-likeness (QED) is 0.614. The Hall–Kier alpha value is -3.29. The van der Waals surface area contributed by atoms with Gasteiger partial charge in [-0.2, -0.15) is 4.98 Å². The summed E-state index contributed by atoms with van der Waals surface area (Å²) >= 11 is 0. The van der Waals surface area contributed by atoms with Crippen molar-refractivity contribution < 1.29 is 4.42 Å². The number of nitrogens with two attached hydrogens (primary N) is 1. The Kier molecular flexibility index (Phi) is 3.00. The van der Waals surface area contributed by atoms with E-state index in [0.29, 0.717) is 29.2 Å². The van der Waals surface area contributed by atoms with Crippen molar-refractivity contribution in [2.75, 3.05) is 5.73 Å². The van der Waals surface area contributed by atoms with Crippen LogP contribution < -0.4 is 5.73 Å². The molecule has 4 aromatic heterocycles. The highest BCUT2D eigenvalue weighted by Gasteiger charge is 2.17. The monoisotopic (exact) mass is 307 g/mol. The van der Waals surface area contributed by atoms with Crippen molar-refractivity contribution in [2.45, 2.75) is 13.5 Å². The molecule has 0 unspecified atom stereocenters. The fraction of sp³-hybridized carbons (Fsp3) is 0.133. The molecule has 2 N–H and O–H groups in total. The first-order valence-electron chi connectivity index (χ1n) is 7.03. The van der Waals surface area contributed by atoms with Crippen molar-refractivity contribution in [1.29, 1.82) is 0 Å². The minimum absolute atomic E-state index is 0.143. The van der Waals surface area contributed by atoms with E-state index in [-0.39, 0.29) is 5.95 Å². The third kappa shape index (κ3) is 2.39. The lowest BCUT2D eigenvalue weighted by atomic mass is 10.2. The standard InChI is InChI=1S/C15H13N7O/c1-9-4-5-17-10(7-9)8-22-14-13(20-21-22)12(18-15(16)19-14)11-3-2-6-23-11/h2-7H,8H2,1H3,(H2,16,18,19). The number of hydrogen-bond acceptors (Lipinski definition) is 7. The van der Waals surface area contributed by atoms with Crippen LogP contribution in [0.2, 0.25) is 0 Å². The van der Waals surface area contributed by atoms with E-state index in [2.05, 4.69) is 25.3 Å². The van der Waals surface area contributed by atoms with E-state index in [1.54, 1.807) is 29.3 Å². The summed E-state index contributed by atoms with van der Waals surface area (Å²) in [6, 6.07) is 7.51. The maximum Gasteiger partial charge on any atom is 0.222 e. The maximum atomic E-state index is 5.83. The SMILES string of the molecule is Cc1ccnc(Cn2nnc3c(-c4ccco4)nc(N)nc32)c1. The maximum absolute atomic E-state index is 5.83. The number of rotatable bonds is 3. The lowest BCUT2D eigenvalue weighted by Gasteiger charge is -2.03. The topological polar surface area (TPSA) is 109 Å². The molecule has 0 radical (unpaired) electrons. The van der Waals surface area contributed by atoms with Crippen LogP contribution in [-0.4, -0.2) is 29.9 Å². The molecule has 0 amide bonds. The molecule has 0 aliphatic carbocycles. The average Bonchev–Trinajstić information content (AvgIpc) is 3.17. The normalized spacial score (nSPS) is 11.2. The number of hydrogen-bond donors (Lipinski definition) is 1. The summed E-state index contributed by atoms with van der Waals surface area (Å²) in [6.07, 6.45) is 3.34.